The quantitative estimate of drug-likeness (QED) is 0.787. The van der Waals surface area contributed by atoms with Gasteiger partial charge in [0.1, 0.15) is 5.82 Å². The Morgan fingerprint density at radius 2 is 2.33 bits per heavy atom. The highest BCUT2D eigenvalue weighted by molar-refractivity contribution is 5.89. The largest absolute Gasteiger partial charge is 0.465 e. The van der Waals surface area contributed by atoms with Gasteiger partial charge in [-0.2, -0.15) is 0 Å². The number of piperidine rings is 1. The number of carbonyl (C=O) groups excluding carboxylic acids is 1. The first-order valence-electron chi connectivity index (χ1n) is 6.28. The molecule has 98 valence electrons. The first-order chi connectivity index (χ1) is 8.79. The molecule has 0 atom stereocenters. The summed E-state index contributed by atoms with van der Waals surface area (Å²) in [5.41, 5.74) is 0.528. The van der Waals surface area contributed by atoms with Crippen molar-refractivity contribution in [2.45, 2.75) is 12.8 Å². The highest BCUT2D eigenvalue weighted by atomic mass is 16.5. The number of aromatic nitrogens is 1. The topological polar surface area (TPSA) is 63.2 Å². The Labute approximate surface area is 107 Å². The molecule has 1 saturated heterocycles. The van der Waals surface area contributed by atoms with E-state index in [1.54, 1.807) is 18.3 Å². The maximum absolute atomic E-state index is 11.4. The lowest BCUT2D eigenvalue weighted by Gasteiger charge is -2.22. The fraction of sp³-hybridized carbons (Fsp3) is 0.538. The van der Waals surface area contributed by atoms with Gasteiger partial charge in [-0.15, -0.1) is 0 Å². The van der Waals surface area contributed by atoms with Gasteiger partial charge in [-0.25, -0.2) is 9.78 Å². The Morgan fingerprint density at radius 3 is 3.06 bits per heavy atom. The van der Waals surface area contributed by atoms with E-state index in [1.807, 2.05) is 0 Å². The molecule has 1 aliphatic heterocycles. The molecule has 0 radical (unpaired) electrons. The molecule has 2 rings (SSSR count). The lowest BCUT2D eigenvalue weighted by Crippen LogP contribution is -2.31. The third-order valence-electron chi connectivity index (χ3n) is 3.21. The smallest absolute Gasteiger partial charge is 0.338 e. The lowest BCUT2D eigenvalue weighted by molar-refractivity contribution is 0.0600. The van der Waals surface area contributed by atoms with Crippen molar-refractivity contribution in [2.24, 2.45) is 5.92 Å². The Morgan fingerprint density at radius 1 is 1.56 bits per heavy atom. The molecule has 0 bridgehead atoms. The lowest BCUT2D eigenvalue weighted by atomic mass is 9.98. The van der Waals surface area contributed by atoms with Gasteiger partial charge in [-0.1, -0.05) is 0 Å². The van der Waals surface area contributed by atoms with Crippen LogP contribution in [-0.2, 0) is 4.74 Å². The van der Waals surface area contributed by atoms with Crippen LogP contribution >= 0.6 is 0 Å². The van der Waals surface area contributed by atoms with Gasteiger partial charge in [0, 0.05) is 12.7 Å². The monoisotopic (exact) mass is 249 g/mol. The van der Waals surface area contributed by atoms with Crippen molar-refractivity contribution >= 4 is 11.8 Å². The molecule has 1 aromatic rings. The van der Waals surface area contributed by atoms with E-state index in [0.29, 0.717) is 11.5 Å². The van der Waals surface area contributed by atoms with Crippen molar-refractivity contribution in [3.63, 3.8) is 0 Å². The standard InChI is InChI=1S/C13H19N3O2/c1-18-13(17)11-4-7-15-12(8-11)16-9-10-2-5-14-6-3-10/h4,7-8,10,14H,2-3,5-6,9H2,1H3,(H,15,16). The molecule has 5 nitrogen and oxygen atoms in total. The van der Waals surface area contributed by atoms with Crippen LogP contribution in [-0.4, -0.2) is 37.7 Å². The number of ether oxygens (including phenoxy) is 1. The minimum Gasteiger partial charge on any atom is -0.465 e. The van der Waals surface area contributed by atoms with Crippen molar-refractivity contribution in [3.8, 4) is 0 Å². The second kappa shape index (κ2) is 6.35. The van der Waals surface area contributed by atoms with E-state index in [2.05, 4.69) is 20.4 Å². The predicted molar refractivity (Wildman–Crippen MR) is 69.7 cm³/mol. The third-order valence-corrected chi connectivity index (χ3v) is 3.21. The molecule has 1 aliphatic rings. The predicted octanol–water partition coefficient (Wildman–Crippen LogP) is 1.28. The van der Waals surface area contributed by atoms with E-state index in [1.165, 1.54) is 20.0 Å². The fourth-order valence-electron chi connectivity index (χ4n) is 2.11. The van der Waals surface area contributed by atoms with Gasteiger partial charge < -0.3 is 15.4 Å². The van der Waals surface area contributed by atoms with Crippen molar-refractivity contribution in [1.82, 2.24) is 10.3 Å². The molecule has 18 heavy (non-hydrogen) atoms. The number of esters is 1. The number of carbonyl (C=O) groups is 1. The van der Waals surface area contributed by atoms with E-state index in [9.17, 15) is 4.79 Å². The summed E-state index contributed by atoms with van der Waals surface area (Å²) in [5.74, 6) is 1.08. The van der Waals surface area contributed by atoms with Crippen molar-refractivity contribution in [3.05, 3.63) is 23.9 Å². The van der Waals surface area contributed by atoms with Gasteiger partial charge in [-0.05, 0) is 44.0 Å². The Balaban J connectivity index is 1.90. The van der Waals surface area contributed by atoms with Gasteiger partial charge in [-0.3, -0.25) is 0 Å². The van der Waals surface area contributed by atoms with E-state index >= 15 is 0 Å². The second-order valence-electron chi connectivity index (χ2n) is 4.50. The molecule has 0 saturated carbocycles. The summed E-state index contributed by atoms with van der Waals surface area (Å²) in [6.07, 6.45) is 3.99. The van der Waals surface area contributed by atoms with Gasteiger partial charge >= 0.3 is 5.97 Å². The van der Waals surface area contributed by atoms with Crippen LogP contribution < -0.4 is 10.6 Å². The third kappa shape index (κ3) is 3.43. The van der Waals surface area contributed by atoms with Crippen LogP contribution in [0.15, 0.2) is 18.3 Å². The summed E-state index contributed by atoms with van der Waals surface area (Å²) < 4.78 is 4.68. The number of anilines is 1. The SMILES string of the molecule is COC(=O)c1ccnc(NCC2CCNCC2)c1. The molecule has 1 fully saturated rings. The molecule has 0 spiro atoms. The van der Waals surface area contributed by atoms with Crippen LogP contribution in [0.5, 0.6) is 0 Å². The Kier molecular flexibility index (Phi) is 4.52. The summed E-state index contributed by atoms with van der Waals surface area (Å²) in [7, 11) is 1.38. The molecule has 0 amide bonds. The van der Waals surface area contributed by atoms with Gasteiger partial charge in [0.2, 0.25) is 0 Å². The van der Waals surface area contributed by atoms with Crippen LogP contribution in [0.3, 0.4) is 0 Å². The number of hydrogen-bond acceptors (Lipinski definition) is 5. The number of nitrogens with one attached hydrogen (secondary N) is 2. The van der Waals surface area contributed by atoms with Crippen molar-refractivity contribution < 1.29 is 9.53 Å². The zero-order chi connectivity index (χ0) is 12.8. The Hall–Kier alpha value is -1.62. The maximum atomic E-state index is 11.4. The second-order valence-corrected chi connectivity index (χ2v) is 4.50. The van der Waals surface area contributed by atoms with Gasteiger partial charge in [0.05, 0.1) is 12.7 Å². The normalized spacial score (nSPS) is 16.3. The number of nitrogens with zero attached hydrogens (tertiary/aromatic N) is 1. The van der Waals surface area contributed by atoms with E-state index < -0.39 is 0 Å². The maximum Gasteiger partial charge on any atom is 0.338 e. The summed E-state index contributed by atoms with van der Waals surface area (Å²) in [6, 6.07) is 3.38. The number of hydrogen-bond donors (Lipinski definition) is 2. The van der Waals surface area contributed by atoms with E-state index in [-0.39, 0.29) is 5.97 Å². The summed E-state index contributed by atoms with van der Waals surface area (Å²) in [6.45, 7) is 3.07. The van der Waals surface area contributed by atoms with Crippen LogP contribution in [0.2, 0.25) is 0 Å². The average Bonchev–Trinajstić information content (AvgIpc) is 2.45. The zero-order valence-electron chi connectivity index (χ0n) is 10.6. The Bertz CT molecular complexity index is 403. The highest BCUT2D eigenvalue weighted by Gasteiger charge is 2.13. The molecule has 0 aromatic carbocycles. The minimum absolute atomic E-state index is 0.331. The van der Waals surface area contributed by atoms with E-state index in [0.717, 1.165) is 25.5 Å². The summed E-state index contributed by atoms with van der Waals surface area (Å²) in [5, 5.41) is 6.63. The van der Waals surface area contributed by atoms with Crippen LogP contribution in [0.25, 0.3) is 0 Å². The molecular formula is C13H19N3O2. The van der Waals surface area contributed by atoms with Crippen LogP contribution in [0.1, 0.15) is 23.2 Å². The van der Waals surface area contributed by atoms with Crippen LogP contribution in [0, 0.1) is 5.92 Å². The average molecular weight is 249 g/mol. The fourth-order valence-corrected chi connectivity index (χ4v) is 2.11. The molecule has 1 aromatic heterocycles. The highest BCUT2D eigenvalue weighted by Crippen LogP contribution is 2.13. The van der Waals surface area contributed by atoms with E-state index in [4.69, 9.17) is 0 Å². The number of rotatable bonds is 4. The first-order valence-corrected chi connectivity index (χ1v) is 6.28. The van der Waals surface area contributed by atoms with Crippen molar-refractivity contribution in [1.29, 1.82) is 0 Å². The molecule has 5 heteroatoms. The number of methoxy groups -OCH3 is 1. The molecule has 0 aliphatic carbocycles. The first kappa shape index (κ1) is 12.8. The zero-order valence-corrected chi connectivity index (χ0v) is 10.6. The van der Waals surface area contributed by atoms with Crippen molar-refractivity contribution in [2.75, 3.05) is 32.1 Å². The molecule has 2 heterocycles. The summed E-state index contributed by atoms with van der Waals surface area (Å²) in [4.78, 5) is 15.6. The van der Waals surface area contributed by atoms with Gasteiger partial charge in [0.15, 0.2) is 0 Å². The van der Waals surface area contributed by atoms with Gasteiger partial charge in [0.25, 0.3) is 0 Å². The molecular weight excluding hydrogens is 230 g/mol. The van der Waals surface area contributed by atoms with Crippen LogP contribution in [0.4, 0.5) is 5.82 Å². The molecule has 0 unspecified atom stereocenters. The summed E-state index contributed by atoms with van der Waals surface area (Å²) >= 11 is 0. The molecule has 2 N–H and O–H groups in total. The number of pyridine rings is 1. The minimum atomic E-state index is -0.331.